The van der Waals surface area contributed by atoms with Gasteiger partial charge in [-0.15, -0.1) is 0 Å². The maximum Gasteiger partial charge on any atom is 0.251 e. The molecule has 7 nitrogen and oxygen atoms in total. The summed E-state index contributed by atoms with van der Waals surface area (Å²) in [4.78, 5) is 12.9. The number of hydrogen-bond acceptors (Lipinski definition) is 5. The normalized spacial score (nSPS) is 12.6. The van der Waals surface area contributed by atoms with Gasteiger partial charge < -0.3 is 14.5 Å². The lowest BCUT2D eigenvalue weighted by molar-refractivity contribution is 0.0935. The summed E-state index contributed by atoms with van der Waals surface area (Å²) >= 11 is 0. The molecule has 0 radical (unpaired) electrons. The fraction of sp³-hybridized carbons (Fsp3) is 0.192. The Kier molecular flexibility index (Phi) is 6.72. The van der Waals surface area contributed by atoms with Crippen LogP contribution in [0.4, 0.5) is 0 Å². The summed E-state index contributed by atoms with van der Waals surface area (Å²) in [5.41, 5.74) is 1.79. The molecule has 1 amide bonds. The van der Waals surface area contributed by atoms with Crippen molar-refractivity contribution in [2.45, 2.75) is 24.4 Å². The Balaban J connectivity index is 1.57. The van der Waals surface area contributed by atoms with Crippen molar-refractivity contribution >= 4 is 26.9 Å². The number of carbonyl (C=O) groups is 1. The van der Waals surface area contributed by atoms with E-state index < -0.39 is 22.0 Å². The Labute approximate surface area is 199 Å². The first-order valence-electron chi connectivity index (χ1n) is 10.8. The van der Waals surface area contributed by atoms with Crippen LogP contribution in [0.15, 0.2) is 88.2 Å². The van der Waals surface area contributed by atoms with Crippen molar-refractivity contribution in [1.82, 2.24) is 9.62 Å². The van der Waals surface area contributed by atoms with Crippen LogP contribution in [0.1, 0.15) is 34.6 Å². The number of rotatable bonds is 8. The molecule has 0 saturated carbocycles. The molecule has 4 aromatic rings. The highest BCUT2D eigenvalue weighted by Crippen LogP contribution is 2.29. The number of ether oxygens (including phenoxy) is 1. The number of nitrogens with one attached hydrogen (secondary N) is 1. The van der Waals surface area contributed by atoms with Gasteiger partial charge in [0.05, 0.1) is 13.2 Å². The quantitative estimate of drug-likeness (QED) is 0.395. The minimum atomic E-state index is -3.92. The van der Waals surface area contributed by atoms with Gasteiger partial charge in [-0.1, -0.05) is 48.5 Å². The van der Waals surface area contributed by atoms with E-state index in [0.29, 0.717) is 5.76 Å². The number of para-hydroxylation sites is 1. The Morgan fingerprint density at radius 2 is 1.74 bits per heavy atom. The monoisotopic (exact) mass is 478 g/mol. The van der Waals surface area contributed by atoms with Crippen LogP contribution in [0.25, 0.3) is 11.0 Å². The van der Waals surface area contributed by atoms with Crippen LogP contribution < -0.4 is 10.1 Å². The predicted octanol–water partition coefficient (Wildman–Crippen LogP) is 4.75. The number of fused-ring (bicyclic) bond motifs is 1. The number of nitrogens with zero attached hydrogens (tertiary/aromatic N) is 1. The number of furan rings is 1. The van der Waals surface area contributed by atoms with E-state index in [1.165, 1.54) is 36.7 Å². The zero-order chi connectivity index (χ0) is 24.3. The van der Waals surface area contributed by atoms with Crippen molar-refractivity contribution in [2.24, 2.45) is 0 Å². The summed E-state index contributed by atoms with van der Waals surface area (Å²) in [7, 11) is -1.03. The van der Waals surface area contributed by atoms with Crippen molar-refractivity contribution in [3.05, 3.63) is 95.7 Å². The van der Waals surface area contributed by atoms with E-state index in [-0.39, 0.29) is 22.8 Å². The predicted molar refractivity (Wildman–Crippen MR) is 130 cm³/mol. The maximum atomic E-state index is 13.3. The molecule has 1 heterocycles. The summed E-state index contributed by atoms with van der Waals surface area (Å²) in [6.07, 6.45) is 0. The van der Waals surface area contributed by atoms with Gasteiger partial charge in [0.1, 0.15) is 22.0 Å². The molecule has 0 aliphatic heterocycles. The summed E-state index contributed by atoms with van der Waals surface area (Å²) < 4.78 is 39.0. The number of methoxy groups -OCH3 is 1. The second-order valence-electron chi connectivity index (χ2n) is 7.99. The van der Waals surface area contributed by atoms with Gasteiger partial charge in [-0.3, -0.25) is 4.79 Å². The average Bonchev–Trinajstić information content (AvgIpc) is 3.29. The molecule has 0 aliphatic rings. The number of sulfonamides is 1. The van der Waals surface area contributed by atoms with Crippen LogP contribution in [0.3, 0.4) is 0 Å². The lowest BCUT2D eigenvalue weighted by atomic mass is 10.1. The Hall–Kier alpha value is -3.62. The molecule has 1 N–H and O–H groups in total. The van der Waals surface area contributed by atoms with Crippen molar-refractivity contribution in [3.63, 3.8) is 0 Å². The molecule has 4 rings (SSSR count). The number of hydrogen-bond donors (Lipinski definition) is 1. The molecular weight excluding hydrogens is 452 g/mol. The minimum Gasteiger partial charge on any atom is -0.495 e. The summed E-state index contributed by atoms with van der Waals surface area (Å²) in [5.74, 6) is 0.359. The van der Waals surface area contributed by atoms with E-state index in [1.807, 2.05) is 67.6 Å². The fourth-order valence-electron chi connectivity index (χ4n) is 3.68. The first-order valence-corrected chi connectivity index (χ1v) is 12.2. The smallest absolute Gasteiger partial charge is 0.251 e. The molecule has 0 fully saturated rings. The second kappa shape index (κ2) is 9.70. The van der Waals surface area contributed by atoms with E-state index in [9.17, 15) is 13.2 Å². The molecule has 1 aromatic heterocycles. The molecular formula is C26H26N2O5S. The fourth-order valence-corrected chi connectivity index (χ4v) is 5.02. The average molecular weight is 479 g/mol. The number of benzene rings is 3. The molecule has 1 atom stereocenters. The highest BCUT2D eigenvalue weighted by molar-refractivity contribution is 7.89. The van der Waals surface area contributed by atoms with Crippen LogP contribution >= 0.6 is 0 Å². The molecule has 0 spiro atoms. The molecule has 34 heavy (non-hydrogen) atoms. The number of carbonyl (C=O) groups excluding carboxylic acids is 1. The van der Waals surface area contributed by atoms with Crippen LogP contribution in [0.5, 0.6) is 5.75 Å². The van der Waals surface area contributed by atoms with Gasteiger partial charge >= 0.3 is 0 Å². The Bertz CT molecular complexity index is 1380. The van der Waals surface area contributed by atoms with E-state index in [1.54, 1.807) is 0 Å². The topological polar surface area (TPSA) is 88.8 Å². The summed E-state index contributed by atoms with van der Waals surface area (Å²) in [5, 5.41) is 3.82. The third kappa shape index (κ3) is 4.83. The van der Waals surface area contributed by atoms with Crippen molar-refractivity contribution in [1.29, 1.82) is 0 Å². The first-order chi connectivity index (χ1) is 16.3. The van der Waals surface area contributed by atoms with Gasteiger partial charge in [0.15, 0.2) is 0 Å². The molecule has 8 heteroatoms. The van der Waals surface area contributed by atoms with Crippen molar-refractivity contribution in [3.8, 4) is 5.75 Å². The lowest BCUT2D eigenvalue weighted by Gasteiger charge is -2.20. The van der Waals surface area contributed by atoms with E-state index in [4.69, 9.17) is 9.15 Å². The Morgan fingerprint density at radius 3 is 2.44 bits per heavy atom. The zero-order valence-corrected chi connectivity index (χ0v) is 20.0. The third-order valence-corrected chi connectivity index (χ3v) is 7.41. The van der Waals surface area contributed by atoms with Crippen molar-refractivity contribution in [2.75, 3.05) is 14.2 Å². The van der Waals surface area contributed by atoms with E-state index in [0.717, 1.165) is 16.5 Å². The van der Waals surface area contributed by atoms with Crippen LogP contribution in [0.2, 0.25) is 0 Å². The van der Waals surface area contributed by atoms with Crippen molar-refractivity contribution < 1.29 is 22.4 Å². The van der Waals surface area contributed by atoms with Crippen LogP contribution in [-0.2, 0) is 16.6 Å². The lowest BCUT2D eigenvalue weighted by Crippen LogP contribution is -2.29. The minimum absolute atomic E-state index is 0.0718. The molecule has 0 aliphatic carbocycles. The van der Waals surface area contributed by atoms with Gasteiger partial charge in [0, 0.05) is 24.5 Å². The largest absolute Gasteiger partial charge is 0.495 e. The SMILES string of the molecule is COc1ccc(C(=O)NC(C)c2cc3ccccc3o2)cc1S(=O)(=O)N(C)Cc1ccccc1. The maximum absolute atomic E-state index is 13.3. The van der Waals surface area contributed by atoms with Crippen LogP contribution in [0, 0.1) is 0 Å². The molecule has 0 saturated heterocycles. The van der Waals surface area contributed by atoms with Crippen LogP contribution in [-0.4, -0.2) is 32.8 Å². The third-order valence-electron chi connectivity index (χ3n) is 5.58. The molecule has 3 aromatic carbocycles. The van der Waals surface area contributed by atoms with E-state index >= 15 is 0 Å². The van der Waals surface area contributed by atoms with Gasteiger partial charge in [-0.25, -0.2) is 8.42 Å². The standard InChI is InChI=1S/C26H26N2O5S/c1-18(24-15-20-11-7-8-12-22(20)33-24)27-26(29)21-13-14-23(32-3)25(16-21)34(30,31)28(2)17-19-9-5-4-6-10-19/h4-16,18H,17H2,1-3H3,(H,27,29). The Morgan fingerprint density at radius 1 is 1.03 bits per heavy atom. The highest BCUT2D eigenvalue weighted by Gasteiger charge is 2.27. The zero-order valence-electron chi connectivity index (χ0n) is 19.2. The molecule has 1 unspecified atom stereocenters. The molecule has 176 valence electrons. The van der Waals surface area contributed by atoms with Gasteiger partial charge in [-0.05, 0) is 42.8 Å². The van der Waals surface area contributed by atoms with Gasteiger partial charge in [-0.2, -0.15) is 4.31 Å². The second-order valence-corrected chi connectivity index (χ2v) is 10.0. The van der Waals surface area contributed by atoms with Gasteiger partial charge in [0.25, 0.3) is 5.91 Å². The van der Waals surface area contributed by atoms with Gasteiger partial charge in [0.2, 0.25) is 10.0 Å². The number of amides is 1. The molecule has 0 bridgehead atoms. The first kappa shape index (κ1) is 23.5. The summed E-state index contributed by atoms with van der Waals surface area (Å²) in [6.45, 7) is 2.00. The summed E-state index contributed by atoms with van der Waals surface area (Å²) in [6, 6.07) is 22.7. The van der Waals surface area contributed by atoms with E-state index in [2.05, 4.69) is 5.32 Å². The highest BCUT2D eigenvalue weighted by atomic mass is 32.2.